The smallest absolute Gasteiger partial charge is 0.419 e. The van der Waals surface area contributed by atoms with Crippen molar-refractivity contribution in [3.63, 3.8) is 0 Å². The van der Waals surface area contributed by atoms with Crippen molar-refractivity contribution in [3.05, 3.63) is 71.9 Å². The number of aliphatic hydroxyl groups is 1. The number of nitrogens with zero attached hydrogens (tertiary/aromatic N) is 4. The number of allylic oxidation sites excluding steroid dienone is 2. The number of carbonyl (C=O) groups excluding carboxylic acids is 1. The third-order valence-electron chi connectivity index (χ3n) is 8.18. The van der Waals surface area contributed by atoms with Gasteiger partial charge in [-0.25, -0.2) is 0 Å². The Kier molecular flexibility index (Phi) is 12.3. The minimum atomic E-state index is -4.54. The summed E-state index contributed by atoms with van der Waals surface area (Å²) in [5.74, 6) is 0.547. The van der Waals surface area contributed by atoms with Gasteiger partial charge in [0.1, 0.15) is 6.33 Å². The van der Waals surface area contributed by atoms with E-state index in [4.69, 9.17) is 0 Å². The van der Waals surface area contributed by atoms with E-state index in [-0.39, 0.29) is 54.4 Å². The predicted octanol–water partition coefficient (Wildman–Crippen LogP) is 10.1. The molecule has 6 nitrogen and oxygen atoms in total. The van der Waals surface area contributed by atoms with Crippen LogP contribution in [-0.2, 0) is 36.5 Å². The molecular weight excluding hydrogens is 790 g/mol. The Bertz CT molecular complexity index is 1830. The molecule has 1 radical (unpaired) electrons. The molecule has 0 atom stereocenters. The molecule has 3 heterocycles. The summed E-state index contributed by atoms with van der Waals surface area (Å²) in [7, 11) is 0. The number of rotatable bonds is 8. The maximum atomic E-state index is 13.7. The third kappa shape index (κ3) is 7.86. The monoisotopic (exact) mass is 830 g/mol. The number of hydrogen-bond acceptors (Lipinski definition) is 6. The Labute approximate surface area is 285 Å². The van der Waals surface area contributed by atoms with Crippen LogP contribution in [0.3, 0.4) is 0 Å². The molecule has 2 aromatic carbocycles. The fraction of sp³-hybridized carbons (Fsp3) is 0.429. The molecule has 0 bridgehead atoms. The predicted molar refractivity (Wildman–Crippen MR) is 176 cm³/mol. The van der Waals surface area contributed by atoms with Gasteiger partial charge in [0.25, 0.3) is 0 Å². The number of thiazole rings is 1. The van der Waals surface area contributed by atoms with Crippen LogP contribution in [0.5, 0.6) is 0 Å². The van der Waals surface area contributed by atoms with Gasteiger partial charge in [0, 0.05) is 54.6 Å². The van der Waals surface area contributed by atoms with E-state index in [1.807, 2.05) is 58.0 Å². The van der Waals surface area contributed by atoms with Crippen molar-refractivity contribution in [3.8, 4) is 11.3 Å². The SMILES string of the molecule is CC(C)(C)c1cc(-c2ncc(C(F)(F)F)c3c2sc2nncn23)[c-]c2ccccc12.CCC(CC)C(=O)/C=C(\O)C(CC)CC.[Ir]. The molecule has 5 aromatic rings. The molecule has 1 N–H and O–H groups in total. The van der Waals surface area contributed by atoms with Gasteiger partial charge in [-0.3, -0.25) is 14.2 Å². The number of alkyl halides is 3. The van der Waals surface area contributed by atoms with E-state index in [0.29, 0.717) is 20.9 Å². The van der Waals surface area contributed by atoms with Gasteiger partial charge in [-0.2, -0.15) is 13.2 Å². The van der Waals surface area contributed by atoms with Crippen LogP contribution in [0.15, 0.2) is 54.7 Å². The summed E-state index contributed by atoms with van der Waals surface area (Å²) in [4.78, 5) is 16.4. The van der Waals surface area contributed by atoms with Gasteiger partial charge in [0.05, 0.1) is 16.8 Å². The Balaban J connectivity index is 0.000000309. The molecule has 0 saturated heterocycles. The molecule has 0 aliphatic rings. The largest absolute Gasteiger partial charge is 0.512 e. The number of halogens is 3. The molecule has 5 rings (SSSR count). The maximum absolute atomic E-state index is 13.7. The van der Waals surface area contributed by atoms with E-state index >= 15 is 0 Å². The molecule has 11 heteroatoms. The van der Waals surface area contributed by atoms with Crippen molar-refractivity contribution < 1.29 is 43.2 Å². The van der Waals surface area contributed by atoms with Crippen molar-refractivity contribution in [2.24, 2.45) is 11.8 Å². The van der Waals surface area contributed by atoms with E-state index in [0.717, 1.165) is 59.6 Å². The van der Waals surface area contributed by atoms with Crippen LogP contribution < -0.4 is 0 Å². The minimum absolute atomic E-state index is 0. The van der Waals surface area contributed by atoms with Crippen LogP contribution in [0, 0.1) is 17.9 Å². The number of pyridine rings is 1. The Morgan fingerprint density at radius 2 is 1.65 bits per heavy atom. The first kappa shape index (κ1) is 37.3. The van der Waals surface area contributed by atoms with Crippen LogP contribution in [-0.4, -0.2) is 30.5 Å². The second-order valence-corrected chi connectivity index (χ2v) is 13.1. The van der Waals surface area contributed by atoms with Crippen LogP contribution in [0.4, 0.5) is 13.2 Å². The second-order valence-electron chi connectivity index (χ2n) is 12.2. The summed E-state index contributed by atoms with van der Waals surface area (Å²) >= 11 is 1.15. The van der Waals surface area contributed by atoms with E-state index in [1.165, 1.54) is 16.8 Å². The summed E-state index contributed by atoms with van der Waals surface area (Å²) in [6.45, 7) is 14.4. The summed E-state index contributed by atoms with van der Waals surface area (Å²) in [5, 5.41) is 19.4. The molecule has 3 aromatic heterocycles. The van der Waals surface area contributed by atoms with Crippen LogP contribution in [0.2, 0.25) is 0 Å². The molecule has 0 aliphatic carbocycles. The van der Waals surface area contributed by atoms with E-state index in [9.17, 15) is 23.1 Å². The Hall–Kier alpha value is -3.14. The number of aromatic nitrogens is 4. The average Bonchev–Trinajstić information content (AvgIpc) is 3.59. The van der Waals surface area contributed by atoms with Gasteiger partial charge in [-0.1, -0.05) is 77.6 Å². The number of benzene rings is 2. The van der Waals surface area contributed by atoms with Gasteiger partial charge in [-0.15, -0.1) is 50.7 Å². The zero-order chi connectivity index (χ0) is 33.1. The molecule has 0 unspecified atom stereocenters. The maximum Gasteiger partial charge on any atom is 0.419 e. The third-order valence-corrected chi connectivity index (χ3v) is 9.24. The molecule has 0 saturated carbocycles. The van der Waals surface area contributed by atoms with E-state index < -0.39 is 11.7 Å². The number of carbonyl (C=O) groups is 1. The molecule has 0 spiro atoms. The summed E-state index contributed by atoms with van der Waals surface area (Å²) in [6, 6.07) is 13.2. The van der Waals surface area contributed by atoms with Crippen molar-refractivity contribution in [2.45, 2.75) is 85.7 Å². The molecule has 46 heavy (non-hydrogen) atoms. The summed E-state index contributed by atoms with van der Waals surface area (Å²) in [6.07, 6.45) is 2.57. The fourth-order valence-corrected chi connectivity index (χ4v) is 6.59. The molecule has 0 fully saturated rings. The Morgan fingerprint density at radius 1 is 1.02 bits per heavy atom. The van der Waals surface area contributed by atoms with E-state index in [2.05, 4.69) is 42.0 Å². The first-order valence-electron chi connectivity index (χ1n) is 15.3. The zero-order valence-electron chi connectivity index (χ0n) is 27.1. The van der Waals surface area contributed by atoms with Gasteiger partial charge < -0.3 is 5.11 Å². The van der Waals surface area contributed by atoms with Crippen LogP contribution in [0.1, 0.15) is 85.3 Å². The van der Waals surface area contributed by atoms with Gasteiger partial charge in [0.2, 0.25) is 4.96 Å². The van der Waals surface area contributed by atoms with Gasteiger partial charge >= 0.3 is 6.18 Å². The number of ketones is 1. The Morgan fingerprint density at radius 3 is 2.24 bits per heavy atom. The zero-order valence-corrected chi connectivity index (χ0v) is 30.3. The van der Waals surface area contributed by atoms with Crippen LogP contribution >= 0.6 is 11.3 Å². The number of hydrogen-bond donors (Lipinski definition) is 1. The number of aliphatic hydroxyl groups excluding tert-OH is 1. The average molecular weight is 830 g/mol. The standard InChI is InChI=1S/C22H16F3N4S.C13H24O2.Ir/c1-21(2,3)15-9-13(8-12-6-4-5-7-14(12)15)17-19-18(16(10-26-17)22(23,24)25)29-11-27-28-20(29)30-19;1-5-10(6-2)12(14)9-13(15)11(7-3)8-4;/h4-7,9-11H,1-3H3;9-11,14H,5-8H2,1-4H3;/q-1;;/b;12-9-;. The molecule has 249 valence electrons. The van der Waals surface area contributed by atoms with E-state index in [1.54, 1.807) is 0 Å². The normalized spacial score (nSPS) is 12.6. The second kappa shape index (κ2) is 15.2. The minimum Gasteiger partial charge on any atom is -0.512 e. The molecular formula is C35H40F3IrN4O2S-. The number of fused-ring (bicyclic) bond motifs is 4. The van der Waals surface area contributed by atoms with Crippen molar-refractivity contribution in [2.75, 3.05) is 0 Å². The topological polar surface area (TPSA) is 80.4 Å². The first-order chi connectivity index (χ1) is 21.2. The van der Waals surface area contributed by atoms with Crippen molar-refractivity contribution >= 4 is 43.1 Å². The summed E-state index contributed by atoms with van der Waals surface area (Å²) < 4.78 is 42.9. The summed E-state index contributed by atoms with van der Waals surface area (Å²) in [5.41, 5.74) is 1.27. The van der Waals surface area contributed by atoms with Crippen molar-refractivity contribution in [1.82, 2.24) is 19.6 Å². The van der Waals surface area contributed by atoms with Crippen LogP contribution in [0.25, 0.3) is 37.2 Å². The first-order valence-corrected chi connectivity index (χ1v) is 16.1. The van der Waals surface area contributed by atoms with Gasteiger partial charge in [-0.05, 0) is 31.1 Å². The molecule has 0 aliphatic heterocycles. The fourth-order valence-electron chi connectivity index (χ4n) is 5.51. The molecule has 0 amide bonds. The van der Waals surface area contributed by atoms with Gasteiger partial charge in [0.15, 0.2) is 5.78 Å². The quantitative estimate of drug-likeness (QED) is 0.0958. The van der Waals surface area contributed by atoms with Crippen molar-refractivity contribution in [1.29, 1.82) is 0 Å².